The van der Waals surface area contributed by atoms with Crippen molar-refractivity contribution < 1.29 is 45.8 Å². The van der Waals surface area contributed by atoms with E-state index in [2.05, 4.69) is 0 Å². The summed E-state index contributed by atoms with van der Waals surface area (Å²) in [6.45, 7) is 0.154. The van der Waals surface area contributed by atoms with Gasteiger partial charge in [0.15, 0.2) is 0 Å². The zero-order valence-corrected chi connectivity index (χ0v) is 11.1. The minimum atomic E-state index is -5.10. The monoisotopic (exact) mass is 338 g/mol. The fourth-order valence-corrected chi connectivity index (χ4v) is 1.51. The van der Waals surface area contributed by atoms with Crippen LogP contribution in [0.15, 0.2) is 0 Å². The number of halogens is 6. The zero-order chi connectivity index (χ0) is 17.7. The minimum absolute atomic E-state index is 0.149. The van der Waals surface area contributed by atoms with Crippen molar-refractivity contribution in [3.63, 3.8) is 0 Å². The van der Waals surface area contributed by atoms with Crippen LogP contribution in [0.1, 0.15) is 13.3 Å². The Bertz CT molecular complexity index is 430. The second-order valence-electron chi connectivity index (χ2n) is 4.22. The summed E-state index contributed by atoms with van der Waals surface area (Å²) < 4.78 is 71.7. The molecule has 2 amide bonds. The van der Waals surface area contributed by atoms with Crippen LogP contribution in [0.3, 0.4) is 0 Å². The summed E-state index contributed by atoms with van der Waals surface area (Å²) in [5, 5.41) is 8.95. The molecule has 1 aliphatic heterocycles. The number of aliphatic carboxylic acids is 1. The molecule has 0 bridgehead atoms. The number of hydrogen-bond donors (Lipinski definition) is 2. The highest BCUT2D eigenvalue weighted by molar-refractivity contribution is 5.83. The fraction of sp³-hybridized carbons (Fsp3) is 0.700. The Morgan fingerprint density at radius 3 is 1.91 bits per heavy atom. The maximum Gasteiger partial charge on any atom is 0.471 e. The average Bonchev–Trinajstić information content (AvgIpc) is 2.73. The molecule has 1 aliphatic rings. The second kappa shape index (κ2) is 7.31. The van der Waals surface area contributed by atoms with E-state index in [9.17, 15) is 35.9 Å². The van der Waals surface area contributed by atoms with Gasteiger partial charge in [0.2, 0.25) is 0 Å². The first-order valence-corrected chi connectivity index (χ1v) is 5.68. The standard InChI is InChI=1S/C8H8F6N2O2.C2H4O2/c9-7(10,11)5(17)15-4-1-2-16(3-4)6(18)8(12,13)14;1-2(3)4/h4H,1-3H2,(H,15,17);1H3,(H,3,4)/t4-;/m1./s1. The van der Waals surface area contributed by atoms with Crippen LogP contribution >= 0.6 is 0 Å². The van der Waals surface area contributed by atoms with Crippen LogP contribution in [-0.2, 0) is 14.4 Å². The highest BCUT2D eigenvalue weighted by Gasteiger charge is 2.46. The number of alkyl halides is 6. The van der Waals surface area contributed by atoms with E-state index >= 15 is 0 Å². The number of carboxylic acids is 1. The van der Waals surface area contributed by atoms with E-state index in [0.29, 0.717) is 4.90 Å². The molecule has 1 atom stereocenters. The summed E-state index contributed by atoms with van der Waals surface area (Å²) in [6.07, 6.45) is -10.3. The van der Waals surface area contributed by atoms with E-state index in [0.717, 1.165) is 6.92 Å². The summed E-state index contributed by atoms with van der Waals surface area (Å²) in [7, 11) is 0. The van der Waals surface area contributed by atoms with Crippen molar-refractivity contribution in [2.24, 2.45) is 0 Å². The summed E-state index contributed by atoms with van der Waals surface area (Å²) in [5.41, 5.74) is 0. The number of likely N-dealkylation sites (tertiary alicyclic amines) is 1. The molecule has 1 fully saturated rings. The maximum absolute atomic E-state index is 12.0. The molecule has 0 saturated carbocycles. The number of rotatable bonds is 1. The Balaban J connectivity index is 0.000000980. The Labute approximate surface area is 120 Å². The summed E-state index contributed by atoms with van der Waals surface area (Å²) in [4.78, 5) is 30.7. The lowest BCUT2D eigenvalue weighted by atomic mass is 10.2. The van der Waals surface area contributed by atoms with Crippen molar-refractivity contribution in [1.82, 2.24) is 10.2 Å². The third-order valence-corrected chi connectivity index (χ3v) is 2.31. The molecule has 0 unspecified atom stereocenters. The molecule has 1 heterocycles. The molecule has 0 aromatic rings. The van der Waals surface area contributed by atoms with Crippen molar-refractivity contribution in [1.29, 1.82) is 0 Å². The third-order valence-electron chi connectivity index (χ3n) is 2.31. The summed E-state index contributed by atoms with van der Waals surface area (Å²) >= 11 is 0. The number of carbonyl (C=O) groups is 3. The molecule has 1 saturated heterocycles. The molecule has 22 heavy (non-hydrogen) atoms. The molecule has 0 aromatic carbocycles. The van der Waals surface area contributed by atoms with E-state index in [1.54, 1.807) is 0 Å². The highest BCUT2D eigenvalue weighted by atomic mass is 19.4. The third kappa shape index (κ3) is 7.13. The first kappa shape index (κ1) is 20.0. The lowest BCUT2D eigenvalue weighted by Crippen LogP contribution is -2.46. The summed E-state index contributed by atoms with van der Waals surface area (Å²) in [5.74, 6) is -5.18. The van der Waals surface area contributed by atoms with Crippen molar-refractivity contribution in [2.75, 3.05) is 13.1 Å². The molecular formula is C10H12F6N2O4. The molecule has 12 heteroatoms. The first-order valence-electron chi connectivity index (χ1n) is 5.68. The Morgan fingerprint density at radius 2 is 1.55 bits per heavy atom. The number of nitrogens with zero attached hydrogens (tertiary/aromatic N) is 1. The molecular weight excluding hydrogens is 326 g/mol. The average molecular weight is 338 g/mol. The second-order valence-corrected chi connectivity index (χ2v) is 4.22. The van der Waals surface area contributed by atoms with E-state index in [4.69, 9.17) is 9.90 Å². The van der Waals surface area contributed by atoms with Gasteiger partial charge in [-0.15, -0.1) is 0 Å². The Hall–Kier alpha value is -2.01. The van der Waals surface area contributed by atoms with Gasteiger partial charge in [-0.3, -0.25) is 14.4 Å². The molecule has 1 rings (SSSR count). The van der Waals surface area contributed by atoms with E-state index in [1.165, 1.54) is 5.32 Å². The van der Waals surface area contributed by atoms with E-state index in [-0.39, 0.29) is 13.0 Å². The molecule has 2 N–H and O–H groups in total. The molecule has 0 aromatic heterocycles. The number of hydrogen-bond acceptors (Lipinski definition) is 3. The first-order chi connectivity index (χ1) is 9.75. The van der Waals surface area contributed by atoms with Gasteiger partial charge in [-0.1, -0.05) is 0 Å². The zero-order valence-electron chi connectivity index (χ0n) is 11.1. The molecule has 128 valence electrons. The van der Waals surface area contributed by atoms with E-state index < -0.39 is 42.7 Å². The van der Waals surface area contributed by atoms with Crippen LogP contribution in [0.2, 0.25) is 0 Å². The lowest BCUT2D eigenvalue weighted by Gasteiger charge is -2.18. The topological polar surface area (TPSA) is 86.7 Å². The van der Waals surface area contributed by atoms with Gasteiger partial charge >= 0.3 is 24.2 Å². The molecule has 0 aliphatic carbocycles. The number of amides is 2. The molecule has 0 spiro atoms. The Morgan fingerprint density at radius 1 is 1.09 bits per heavy atom. The number of carbonyl (C=O) groups excluding carboxylic acids is 2. The normalized spacial score (nSPS) is 18.3. The van der Waals surface area contributed by atoms with Gasteiger partial charge in [0.05, 0.1) is 0 Å². The fourth-order valence-electron chi connectivity index (χ4n) is 1.51. The van der Waals surface area contributed by atoms with Gasteiger partial charge in [0.25, 0.3) is 5.97 Å². The predicted molar refractivity (Wildman–Crippen MR) is 58.5 cm³/mol. The number of nitrogens with one attached hydrogen (secondary N) is 1. The maximum atomic E-state index is 12.0. The van der Waals surface area contributed by atoms with Gasteiger partial charge in [-0.2, -0.15) is 26.3 Å². The SMILES string of the molecule is CC(=O)O.O=C(N[C@@H]1CCN(C(=O)C(F)(F)F)C1)C(F)(F)F. The largest absolute Gasteiger partial charge is 0.481 e. The van der Waals surface area contributed by atoms with Gasteiger partial charge in [-0.25, -0.2) is 0 Å². The quantitative estimate of drug-likeness (QED) is 0.696. The number of carboxylic acid groups (broad SMARTS) is 1. The van der Waals surface area contributed by atoms with Gasteiger partial charge in [0.1, 0.15) is 0 Å². The Kier molecular flexibility index (Phi) is 6.64. The smallest absolute Gasteiger partial charge is 0.471 e. The van der Waals surface area contributed by atoms with Crippen molar-refractivity contribution in [3.05, 3.63) is 0 Å². The summed E-state index contributed by atoms with van der Waals surface area (Å²) in [6, 6.07) is -1.12. The van der Waals surface area contributed by atoms with Crippen molar-refractivity contribution >= 4 is 17.8 Å². The van der Waals surface area contributed by atoms with Gasteiger partial charge in [-0.05, 0) is 6.42 Å². The van der Waals surface area contributed by atoms with Crippen LogP contribution in [0, 0.1) is 0 Å². The van der Waals surface area contributed by atoms with Crippen molar-refractivity contribution in [3.8, 4) is 0 Å². The van der Waals surface area contributed by atoms with Crippen molar-refractivity contribution in [2.45, 2.75) is 31.7 Å². The van der Waals surface area contributed by atoms with E-state index in [1.807, 2.05) is 0 Å². The van der Waals surface area contributed by atoms with Gasteiger partial charge < -0.3 is 15.3 Å². The highest BCUT2D eigenvalue weighted by Crippen LogP contribution is 2.22. The molecule has 6 nitrogen and oxygen atoms in total. The van der Waals surface area contributed by atoms with Gasteiger partial charge in [0, 0.05) is 26.1 Å². The van der Waals surface area contributed by atoms with Crippen LogP contribution in [0.25, 0.3) is 0 Å². The molecule has 0 radical (unpaired) electrons. The van der Waals surface area contributed by atoms with Crippen LogP contribution in [0.4, 0.5) is 26.3 Å². The predicted octanol–water partition coefficient (Wildman–Crippen LogP) is 0.919. The minimum Gasteiger partial charge on any atom is -0.481 e. The van der Waals surface area contributed by atoms with Crippen LogP contribution in [-0.4, -0.2) is 59.3 Å². The lowest BCUT2D eigenvalue weighted by molar-refractivity contribution is -0.184. The van der Waals surface area contributed by atoms with Crippen LogP contribution in [0.5, 0.6) is 0 Å². The van der Waals surface area contributed by atoms with Crippen LogP contribution < -0.4 is 5.32 Å².